The largest absolute Gasteiger partial charge is 0.449 e. The molecule has 1 atom stereocenters. The topological polar surface area (TPSA) is 90.0 Å². The van der Waals surface area contributed by atoms with Gasteiger partial charge in [-0.2, -0.15) is 8.78 Å². The molecule has 0 unspecified atom stereocenters. The Morgan fingerprint density at radius 2 is 1.72 bits per heavy atom. The number of alkyl halides is 2. The molecule has 0 aromatic heterocycles. The molecule has 10 heteroatoms. The number of amides is 1. The number of hydrogen-bond acceptors (Lipinski definition) is 6. The summed E-state index contributed by atoms with van der Waals surface area (Å²) >= 11 is 0. The summed E-state index contributed by atoms with van der Waals surface area (Å²) < 4.78 is 57.8. The number of carbonyl (C=O) groups excluding carboxylic acids is 2. The van der Waals surface area contributed by atoms with Gasteiger partial charge >= 0.3 is 11.7 Å². The van der Waals surface area contributed by atoms with Gasteiger partial charge in [0.2, 0.25) is 9.84 Å². The van der Waals surface area contributed by atoms with Gasteiger partial charge in [0.1, 0.15) is 0 Å². The molecular formula is C15H17F2NO6S. The maximum absolute atomic E-state index is 12.5. The van der Waals surface area contributed by atoms with Crippen LogP contribution in [0, 0.1) is 0 Å². The van der Waals surface area contributed by atoms with E-state index in [0.717, 1.165) is 24.3 Å². The number of nitrogens with zero attached hydrogens (tertiary/aromatic N) is 1. The van der Waals surface area contributed by atoms with Crippen molar-refractivity contribution < 1.29 is 36.3 Å². The first-order valence-corrected chi connectivity index (χ1v) is 8.97. The number of benzene rings is 1. The third-order valence-corrected chi connectivity index (χ3v) is 5.01. The first-order chi connectivity index (χ1) is 11.7. The van der Waals surface area contributed by atoms with Crippen molar-refractivity contribution >= 4 is 21.7 Å². The zero-order chi connectivity index (χ0) is 18.6. The van der Waals surface area contributed by atoms with Crippen LogP contribution in [0.5, 0.6) is 0 Å². The second-order valence-corrected chi connectivity index (χ2v) is 7.23. The van der Waals surface area contributed by atoms with Crippen LogP contribution < -0.4 is 0 Å². The van der Waals surface area contributed by atoms with Crippen LogP contribution in [0.15, 0.2) is 29.2 Å². The van der Waals surface area contributed by atoms with E-state index in [1.165, 1.54) is 11.8 Å². The zero-order valence-corrected chi connectivity index (χ0v) is 14.2. The predicted octanol–water partition coefficient (Wildman–Crippen LogP) is 1.09. The number of esters is 1. The SMILES string of the molecule is C[C@H](OC(=O)c1ccc(S(=O)(=O)C(F)F)cc1)C(=O)N1CCOCC1. The van der Waals surface area contributed by atoms with Gasteiger partial charge in [-0.1, -0.05) is 0 Å². The summed E-state index contributed by atoms with van der Waals surface area (Å²) in [4.78, 5) is 25.1. The quantitative estimate of drug-likeness (QED) is 0.714. The van der Waals surface area contributed by atoms with E-state index < -0.39 is 32.6 Å². The van der Waals surface area contributed by atoms with E-state index >= 15 is 0 Å². The number of morpholine rings is 1. The summed E-state index contributed by atoms with van der Waals surface area (Å²) in [5, 5.41) is 0. The van der Waals surface area contributed by atoms with Gasteiger partial charge in [0.15, 0.2) is 6.10 Å². The minimum Gasteiger partial charge on any atom is -0.449 e. The molecule has 0 saturated carbocycles. The molecule has 1 fully saturated rings. The molecule has 0 radical (unpaired) electrons. The predicted molar refractivity (Wildman–Crippen MR) is 81.9 cm³/mol. The van der Waals surface area contributed by atoms with Crippen molar-refractivity contribution in [3.63, 3.8) is 0 Å². The highest BCUT2D eigenvalue weighted by molar-refractivity contribution is 7.91. The van der Waals surface area contributed by atoms with Crippen molar-refractivity contribution in [1.82, 2.24) is 4.90 Å². The minimum absolute atomic E-state index is 0.0464. The van der Waals surface area contributed by atoms with E-state index in [1.54, 1.807) is 0 Å². The summed E-state index contributed by atoms with van der Waals surface area (Å²) in [5.74, 6) is -4.76. The Morgan fingerprint density at radius 3 is 2.24 bits per heavy atom. The first-order valence-electron chi connectivity index (χ1n) is 7.43. The molecule has 1 saturated heterocycles. The molecule has 0 spiro atoms. The summed E-state index contributed by atoms with van der Waals surface area (Å²) in [6.45, 7) is 3.05. The Morgan fingerprint density at radius 1 is 1.16 bits per heavy atom. The molecule has 2 rings (SSSR count). The minimum atomic E-state index is -4.73. The molecule has 7 nitrogen and oxygen atoms in total. The number of hydrogen-bond donors (Lipinski definition) is 0. The fourth-order valence-corrected chi connectivity index (χ4v) is 2.92. The van der Waals surface area contributed by atoms with E-state index in [0.29, 0.717) is 26.3 Å². The summed E-state index contributed by atoms with van der Waals surface area (Å²) in [7, 11) is -4.73. The number of ether oxygens (including phenoxy) is 2. The molecule has 138 valence electrons. The van der Waals surface area contributed by atoms with Crippen molar-refractivity contribution in [1.29, 1.82) is 0 Å². The molecule has 1 aromatic rings. The number of rotatable bonds is 5. The van der Waals surface area contributed by atoms with Crippen molar-refractivity contribution in [2.45, 2.75) is 23.7 Å². The molecular weight excluding hydrogens is 360 g/mol. The van der Waals surface area contributed by atoms with Gasteiger partial charge in [0, 0.05) is 13.1 Å². The molecule has 1 aromatic carbocycles. The normalized spacial score (nSPS) is 16.6. The average Bonchev–Trinajstić information content (AvgIpc) is 2.61. The van der Waals surface area contributed by atoms with E-state index in [2.05, 4.69) is 0 Å². The molecule has 0 N–H and O–H groups in total. The third-order valence-electron chi connectivity index (χ3n) is 3.61. The van der Waals surface area contributed by atoms with Gasteiger partial charge in [-0.25, -0.2) is 13.2 Å². The molecule has 1 aliphatic heterocycles. The standard InChI is InChI=1S/C15H17F2NO6S/c1-10(13(19)18-6-8-23-9-7-18)24-14(20)11-2-4-12(5-3-11)25(21,22)15(16)17/h2-5,10,15H,6-9H2,1H3/t10-/m0/s1. The fourth-order valence-electron chi connectivity index (χ4n) is 2.20. The van der Waals surface area contributed by atoms with E-state index in [1.807, 2.05) is 0 Å². The number of sulfone groups is 1. The molecule has 0 bridgehead atoms. The molecule has 1 heterocycles. The molecule has 1 aliphatic rings. The Kier molecular flexibility index (Phi) is 6.07. The smallest absolute Gasteiger partial charge is 0.341 e. The summed E-state index contributed by atoms with van der Waals surface area (Å²) in [5.41, 5.74) is -0.0464. The highest BCUT2D eigenvalue weighted by Gasteiger charge is 2.28. The Bertz CT molecular complexity index is 729. The fraction of sp³-hybridized carbons (Fsp3) is 0.467. The van der Waals surface area contributed by atoms with Crippen LogP contribution in [0.25, 0.3) is 0 Å². The lowest BCUT2D eigenvalue weighted by molar-refractivity contribution is -0.143. The van der Waals surface area contributed by atoms with E-state index in [9.17, 15) is 26.8 Å². The summed E-state index contributed by atoms with van der Waals surface area (Å²) in [6, 6.07) is 3.91. The van der Waals surface area contributed by atoms with Gasteiger partial charge in [-0.05, 0) is 31.2 Å². The van der Waals surface area contributed by atoms with Gasteiger partial charge in [0.25, 0.3) is 5.91 Å². The maximum atomic E-state index is 12.5. The Balaban J connectivity index is 2.02. The lowest BCUT2D eigenvalue weighted by Gasteiger charge is -2.28. The second-order valence-electron chi connectivity index (χ2n) is 5.32. The Labute approximate surface area is 143 Å². The van der Waals surface area contributed by atoms with E-state index in [4.69, 9.17) is 9.47 Å². The average molecular weight is 377 g/mol. The van der Waals surface area contributed by atoms with Crippen LogP contribution in [0.2, 0.25) is 0 Å². The maximum Gasteiger partial charge on any atom is 0.341 e. The highest BCUT2D eigenvalue weighted by Crippen LogP contribution is 2.19. The molecule has 0 aliphatic carbocycles. The van der Waals surface area contributed by atoms with Crippen molar-refractivity contribution in [2.75, 3.05) is 26.3 Å². The van der Waals surface area contributed by atoms with Crippen LogP contribution in [0.3, 0.4) is 0 Å². The van der Waals surface area contributed by atoms with Crippen molar-refractivity contribution in [2.24, 2.45) is 0 Å². The van der Waals surface area contributed by atoms with Crippen LogP contribution in [-0.2, 0) is 24.1 Å². The van der Waals surface area contributed by atoms with E-state index in [-0.39, 0.29) is 11.5 Å². The van der Waals surface area contributed by atoms with Crippen LogP contribution in [0.4, 0.5) is 8.78 Å². The van der Waals surface area contributed by atoms with Crippen molar-refractivity contribution in [3.8, 4) is 0 Å². The third kappa shape index (κ3) is 4.51. The monoisotopic (exact) mass is 377 g/mol. The summed E-state index contributed by atoms with van der Waals surface area (Å²) in [6.07, 6.45) is -1.03. The van der Waals surface area contributed by atoms with Gasteiger partial charge < -0.3 is 14.4 Å². The zero-order valence-electron chi connectivity index (χ0n) is 13.4. The van der Waals surface area contributed by atoms with Crippen LogP contribution in [-0.4, -0.2) is 63.4 Å². The van der Waals surface area contributed by atoms with Crippen LogP contribution in [0.1, 0.15) is 17.3 Å². The van der Waals surface area contributed by atoms with Crippen molar-refractivity contribution in [3.05, 3.63) is 29.8 Å². The Hall–Kier alpha value is -2.07. The highest BCUT2D eigenvalue weighted by atomic mass is 32.2. The number of halogens is 2. The molecule has 1 amide bonds. The van der Waals surface area contributed by atoms with Gasteiger partial charge in [-0.15, -0.1) is 0 Å². The van der Waals surface area contributed by atoms with Crippen LogP contribution >= 0.6 is 0 Å². The first kappa shape index (κ1) is 19.3. The second kappa shape index (κ2) is 7.87. The lowest BCUT2D eigenvalue weighted by Crippen LogP contribution is -2.46. The lowest BCUT2D eigenvalue weighted by atomic mass is 10.2. The van der Waals surface area contributed by atoms with Gasteiger partial charge in [-0.3, -0.25) is 4.79 Å². The molecule has 25 heavy (non-hydrogen) atoms. The van der Waals surface area contributed by atoms with Gasteiger partial charge in [0.05, 0.1) is 23.7 Å². The number of carbonyl (C=O) groups is 2.